The Labute approximate surface area is 129 Å². The molecule has 2 aliphatic heterocycles. The summed E-state index contributed by atoms with van der Waals surface area (Å²) in [5.74, 6) is -0.558. The third-order valence-electron chi connectivity index (χ3n) is 5.41. The van der Waals surface area contributed by atoms with E-state index in [-0.39, 0.29) is 11.8 Å². The molecule has 1 aliphatic carbocycles. The minimum atomic E-state index is -0.760. The summed E-state index contributed by atoms with van der Waals surface area (Å²) in [6, 6.07) is 0. The van der Waals surface area contributed by atoms with Crippen molar-refractivity contribution >= 4 is 11.9 Å². The molecule has 6 nitrogen and oxygen atoms in total. The molecule has 1 N–H and O–H groups in total. The molecule has 22 heavy (non-hydrogen) atoms. The number of hydrogen-bond acceptors (Lipinski definition) is 3. The highest BCUT2D eigenvalue weighted by molar-refractivity contribution is 5.95. The molecule has 1 saturated carbocycles. The van der Waals surface area contributed by atoms with Gasteiger partial charge in [-0.1, -0.05) is 0 Å². The van der Waals surface area contributed by atoms with E-state index >= 15 is 0 Å². The first-order valence-electron chi connectivity index (χ1n) is 8.22. The molecule has 4 rings (SSSR count). The first kappa shape index (κ1) is 13.8. The Bertz CT molecular complexity index is 620. The molecule has 3 heterocycles. The van der Waals surface area contributed by atoms with E-state index in [1.54, 1.807) is 11.1 Å². The van der Waals surface area contributed by atoms with Gasteiger partial charge in [-0.05, 0) is 43.9 Å². The summed E-state index contributed by atoms with van der Waals surface area (Å²) >= 11 is 0. The molecule has 1 amide bonds. The Hall–Kier alpha value is -1.85. The van der Waals surface area contributed by atoms with Gasteiger partial charge >= 0.3 is 5.97 Å². The van der Waals surface area contributed by atoms with Gasteiger partial charge in [-0.2, -0.15) is 5.10 Å². The Morgan fingerprint density at radius 2 is 2.05 bits per heavy atom. The topological polar surface area (TPSA) is 75.4 Å². The summed E-state index contributed by atoms with van der Waals surface area (Å²) in [4.78, 5) is 26.0. The van der Waals surface area contributed by atoms with Gasteiger partial charge < -0.3 is 10.0 Å². The van der Waals surface area contributed by atoms with E-state index in [9.17, 15) is 14.7 Å². The summed E-state index contributed by atoms with van der Waals surface area (Å²) < 4.78 is 1.93. The number of amides is 1. The first-order chi connectivity index (χ1) is 10.6. The molecule has 0 bridgehead atoms. The van der Waals surface area contributed by atoms with Crippen molar-refractivity contribution in [3.8, 4) is 0 Å². The zero-order chi connectivity index (χ0) is 15.3. The average Bonchev–Trinajstić information content (AvgIpc) is 3.12. The number of aryl methyl sites for hydroxylation is 1. The maximum Gasteiger partial charge on any atom is 0.308 e. The molecule has 6 heteroatoms. The van der Waals surface area contributed by atoms with Crippen LogP contribution in [0.1, 0.15) is 41.7 Å². The van der Waals surface area contributed by atoms with Crippen molar-refractivity contribution in [3.63, 3.8) is 0 Å². The minimum absolute atomic E-state index is 0.0300. The van der Waals surface area contributed by atoms with Crippen LogP contribution >= 0.6 is 0 Å². The summed E-state index contributed by atoms with van der Waals surface area (Å²) in [5.41, 5.74) is 1.71. The van der Waals surface area contributed by atoms with Crippen LogP contribution in [0.15, 0.2) is 6.20 Å². The van der Waals surface area contributed by atoms with Gasteiger partial charge in [0.2, 0.25) is 0 Å². The van der Waals surface area contributed by atoms with Crippen molar-refractivity contribution in [2.45, 2.75) is 38.6 Å². The fraction of sp³-hybridized carbons (Fsp3) is 0.688. The van der Waals surface area contributed by atoms with E-state index in [1.807, 2.05) is 4.68 Å². The number of carbonyl (C=O) groups excluding carboxylic acids is 1. The van der Waals surface area contributed by atoms with Crippen molar-refractivity contribution in [2.75, 3.05) is 13.1 Å². The molecule has 0 spiro atoms. The highest BCUT2D eigenvalue weighted by Crippen LogP contribution is 2.44. The maximum atomic E-state index is 12.8. The lowest BCUT2D eigenvalue weighted by molar-refractivity contribution is -0.142. The number of nitrogens with zero attached hydrogens (tertiary/aromatic N) is 3. The number of aromatic nitrogens is 2. The summed E-state index contributed by atoms with van der Waals surface area (Å²) in [7, 11) is 0. The average molecular weight is 303 g/mol. The van der Waals surface area contributed by atoms with E-state index in [2.05, 4.69) is 5.10 Å². The second-order valence-electron chi connectivity index (χ2n) is 6.84. The van der Waals surface area contributed by atoms with E-state index in [4.69, 9.17) is 0 Å². The van der Waals surface area contributed by atoms with Crippen LogP contribution in [-0.2, 0) is 17.8 Å². The minimum Gasteiger partial charge on any atom is -0.481 e. The third kappa shape index (κ3) is 2.21. The smallest absolute Gasteiger partial charge is 0.308 e. The van der Waals surface area contributed by atoms with E-state index in [0.717, 1.165) is 44.3 Å². The second-order valence-corrected chi connectivity index (χ2v) is 6.84. The van der Waals surface area contributed by atoms with Crippen molar-refractivity contribution in [3.05, 3.63) is 17.5 Å². The zero-order valence-corrected chi connectivity index (χ0v) is 12.6. The predicted octanol–water partition coefficient (Wildman–Crippen LogP) is 1.40. The highest BCUT2D eigenvalue weighted by atomic mass is 16.4. The maximum absolute atomic E-state index is 12.8. The standard InChI is InChI=1S/C16H21N3O3/c20-15(11-7-17-19-6-2-1-3-14(11)19)18-8-12(10-4-5-10)13(9-18)16(21)22/h7,10,12-13H,1-6,8-9H2,(H,21,22)/t12-,13+/m1/s1. The lowest BCUT2D eigenvalue weighted by Gasteiger charge is -2.18. The molecule has 1 saturated heterocycles. The SMILES string of the molecule is O=C(O)[C@H]1CN(C(=O)c2cnn3c2CCCC3)C[C@@H]1C1CC1. The Kier molecular flexibility index (Phi) is 3.20. The lowest BCUT2D eigenvalue weighted by Crippen LogP contribution is -2.30. The molecule has 2 fully saturated rings. The number of fused-ring (bicyclic) bond motifs is 1. The van der Waals surface area contributed by atoms with Gasteiger partial charge in [-0.3, -0.25) is 14.3 Å². The number of hydrogen-bond donors (Lipinski definition) is 1. The molecule has 1 aromatic rings. The molecule has 0 aromatic carbocycles. The summed E-state index contributed by atoms with van der Waals surface area (Å²) in [6.07, 6.45) is 6.98. The zero-order valence-electron chi connectivity index (χ0n) is 12.6. The van der Waals surface area contributed by atoms with E-state index < -0.39 is 11.9 Å². The van der Waals surface area contributed by atoms with Crippen LogP contribution in [-0.4, -0.2) is 44.8 Å². The monoisotopic (exact) mass is 303 g/mol. The van der Waals surface area contributed by atoms with E-state index in [0.29, 0.717) is 24.6 Å². The van der Waals surface area contributed by atoms with Gasteiger partial charge in [0.1, 0.15) is 0 Å². The van der Waals surface area contributed by atoms with E-state index in [1.165, 1.54) is 0 Å². The third-order valence-corrected chi connectivity index (χ3v) is 5.41. The lowest BCUT2D eigenvalue weighted by atomic mass is 9.92. The number of likely N-dealkylation sites (tertiary alicyclic amines) is 1. The van der Waals surface area contributed by atoms with Crippen molar-refractivity contribution in [2.24, 2.45) is 17.8 Å². The quantitative estimate of drug-likeness (QED) is 0.916. The van der Waals surface area contributed by atoms with Crippen LogP contribution in [0.2, 0.25) is 0 Å². The molecule has 118 valence electrons. The molecular weight excluding hydrogens is 282 g/mol. The van der Waals surface area contributed by atoms with Crippen LogP contribution in [0, 0.1) is 17.8 Å². The summed E-state index contributed by atoms with van der Waals surface area (Å²) in [6.45, 7) is 1.82. The summed E-state index contributed by atoms with van der Waals surface area (Å²) in [5, 5.41) is 13.8. The van der Waals surface area contributed by atoms with Crippen LogP contribution in [0.25, 0.3) is 0 Å². The van der Waals surface area contributed by atoms with Crippen LogP contribution in [0.5, 0.6) is 0 Å². The number of carboxylic acids is 1. The normalized spacial score (nSPS) is 27.7. The van der Waals surface area contributed by atoms with Crippen molar-refractivity contribution < 1.29 is 14.7 Å². The number of carboxylic acid groups (broad SMARTS) is 1. The number of rotatable bonds is 3. The molecule has 3 aliphatic rings. The molecular formula is C16H21N3O3. The molecule has 0 unspecified atom stereocenters. The van der Waals surface area contributed by atoms with Crippen LogP contribution < -0.4 is 0 Å². The van der Waals surface area contributed by atoms with Gasteiger partial charge in [0.25, 0.3) is 5.91 Å². The Morgan fingerprint density at radius 1 is 1.23 bits per heavy atom. The predicted molar refractivity (Wildman–Crippen MR) is 78.4 cm³/mol. The number of carbonyl (C=O) groups is 2. The van der Waals surface area contributed by atoms with Crippen LogP contribution in [0.3, 0.4) is 0 Å². The van der Waals surface area contributed by atoms with Crippen LogP contribution in [0.4, 0.5) is 0 Å². The first-order valence-corrected chi connectivity index (χ1v) is 8.22. The van der Waals surface area contributed by atoms with Crippen molar-refractivity contribution in [1.29, 1.82) is 0 Å². The van der Waals surface area contributed by atoms with Gasteiger partial charge in [-0.25, -0.2) is 0 Å². The fourth-order valence-corrected chi connectivity index (χ4v) is 4.03. The van der Waals surface area contributed by atoms with Gasteiger partial charge in [0.05, 0.1) is 23.4 Å². The van der Waals surface area contributed by atoms with Gasteiger partial charge in [-0.15, -0.1) is 0 Å². The largest absolute Gasteiger partial charge is 0.481 e. The molecule has 0 radical (unpaired) electrons. The van der Waals surface area contributed by atoms with Gasteiger partial charge in [0, 0.05) is 19.6 Å². The fourth-order valence-electron chi connectivity index (χ4n) is 4.03. The molecule has 2 atom stereocenters. The number of aliphatic carboxylic acids is 1. The van der Waals surface area contributed by atoms with Crippen molar-refractivity contribution in [1.82, 2.24) is 14.7 Å². The highest BCUT2D eigenvalue weighted by Gasteiger charge is 2.47. The second kappa shape index (κ2) is 5.11. The Balaban J connectivity index is 1.56. The molecule has 1 aromatic heterocycles. The van der Waals surface area contributed by atoms with Gasteiger partial charge in [0.15, 0.2) is 0 Å². The Morgan fingerprint density at radius 3 is 2.77 bits per heavy atom.